The third kappa shape index (κ3) is 1.70. The van der Waals surface area contributed by atoms with Gasteiger partial charge in [0, 0.05) is 19.0 Å². The molecule has 0 saturated carbocycles. The maximum Gasteiger partial charge on any atom is 0.222 e. The number of rotatable bonds is 2. The summed E-state index contributed by atoms with van der Waals surface area (Å²) < 4.78 is 0. The van der Waals surface area contributed by atoms with Crippen LogP contribution in [0.15, 0.2) is 24.3 Å². The van der Waals surface area contributed by atoms with Crippen molar-refractivity contribution in [1.82, 2.24) is 9.97 Å². The summed E-state index contributed by atoms with van der Waals surface area (Å²) in [4.78, 5) is 10.5. The van der Waals surface area contributed by atoms with Crippen molar-refractivity contribution >= 4 is 22.7 Å². The first-order valence-corrected chi connectivity index (χ1v) is 4.95. The zero-order chi connectivity index (χ0) is 10.8. The van der Waals surface area contributed by atoms with E-state index >= 15 is 0 Å². The zero-order valence-corrected chi connectivity index (χ0v) is 8.94. The highest BCUT2D eigenvalue weighted by molar-refractivity contribution is 5.90. The summed E-state index contributed by atoms with van der Waals surface area (Å²) in [5.41, 5.74) is 6.56. The highest BCUT2D eigenvalue weighted by atomic mass is 15.2. The average molecular weight is 202 g/mol. The van der Waals surface area contributed by atoms with Crippen molar-refractivity contribution in [2.45, 2.75) is 6.92 Å². The molecule has 4 heteroatoms. The third-order valence-corrected chi connectivity index (χ3v) is 2.44. The first-order valence-electron chi connectivity index (χ1n) is 4.95. The Morgan fingerprint density at radius 3 is 2.73 bits per heavy atom. The topological polar surface area (TPSA) is 55.0 Å². The Morgan fingerprint density at radius 2 is 2.00 bits per heavy atom. The van der Waals surface area contributed by atoms with Gasteiger partial charge < -0.3 is 10.6 Å². The fraction of sp³-hybridized carbons (Fsp3) is 0.273. The summed E-state index contributed by atoms with van der Waals surface area (Å²) in [6.07, 6.45) is 0. The molecule has 0 bridgehead atoms. The Hall–Kier alpha value is -1.84. The molecule has 0 aliphatic heterocycles. The minimum absolute atomic E-state index is 0.323. The number of benzene rings is 1. The standard InChI is InChI=1S/C11H14N4/c1-3-15(2)10-8-6-4-5-7-9(8)13-11(12)14-10/h4-7H,3H2,1-2H3,(H2,12,13,14). The van der Waals surface area contributed by atoms with Gasteiger partial charge in [0.05, 0.1) is 5.52 Å². The molecule has 0 spiro atoms. The Labute approximate surface area is 88.7 Å². The second-order valence-corrected chi connectivity index (χ2v) is 3.44. The lowest BCUT2D eigenvalue weighted by Crippen LogP contribution is -2.18. The molecule has 2 aromatic rings. The number of aromatic nitrogens is 2. The van der Waals surface area contributed by atoms with Gasteiger partial charge in [0.2, 0.25) is 5.95 Å². The molecule has 0 saturated heterocycles. The maximum absolute atomic E-state index is 5.67. The molecule has 1 heterocycles. The molecule has 0 aliphatic rings. The van der Waals surface area contributed by atoms with Crippen molar-refractivity contribution in [1.29, 1.82) is 0 Å². The molecule has 2 rings (SSSR count). The van der Waals surface area contributed by atoms with Crippen LogP contribution in [-0.4, -0.2) is 23.6 Å². The van der Waals surface area contributed by atoms with Gasteiger partial charge in [-0.15, -0.1) is 0 Å². The van der Waals surface area contributed by atoms with E-state index in [0.29, 0.717) is 5.95 Å². The molecule has 2 N–H and O–H groups in total. The smallest absolute Gasteiger partial charge is 0.222 e. The monoisotopic (exact) mass is 202 g/mol. The van der Waals surface area contributed by atoms with Crippen molar-refractivity contribution in [2.75, 3.05) is 24.2 Å². The summed E-state index contributed by atoms with van der Waals surface area (Å²) in [7, 11) is 1.99. The van der Waals surface area contributed by atoms with E-state index in [9.17, 15) is 0 Å². The summed E-state index contributed by atoms with van der Waals surface area (Å²) >= 11 is 0. The van der Waals surface area contributed by atoms with Crippen LogP contribution >= 0.6 is 0 Å². The molecule has 78 valence electrons. The van der Waals surface area contributed by atoms with Crippen LogP contribution in [0.4, 0.5) is 11.8 Å². The van der Waals surface area contributed by atoms with E-state index in [1.807, 2.05) is 31.3 Å². The molecular formula is C11H14N4. The van der Waals surface area contributed by atoms with Crippen LogP contribution in [0.2, 0.25) is 0 Å². The van der Waals surface area contributed by atoms with Crippen molar-refractivity contribution in [3.05, 3.63) is 24.3 Å². The summed E-state index contributed by atoms with van der Waals surface area (Å²) in [5.74, 6) is 1.21. The van der Waals surface area contributed by atoms with E-state index in [2.05, 4.69) is 21.8 Å². The van der Waals surface area contributed by atoms with Gasteiger partial charge >= 0.3 is 0 Å². The molecule has 0 amide bonds. The first kappa shape index (κ1) is 9.71. The van der Waals surface area contributed by atoms with E-state index in [1.165, 1.54) is 0 Å². The van der Waals surface area contributed by atoms with Gasteiger partial charge in [-0.2, -0.15) is 4.98 Å². The van der Waals surface area contributed by atoms with Gasteiger partial charge in [0.15, 0.2) is 0 Å². The average Bonchev–Trinajstić information content (AvgIpc) is 2.26. The minimum atomic E-state index is 0.323. The lowest BCUT2D eigenvalue weighted by atomic mass is 10.2. The number of hydrogen-bond donors (Lipinski definition) is 1. The molecule has 0 unspecified atom stereocenters. The number of fused-ring (bicyclic) bond motifs is 1. The highest BCUT2D eigenvalue weighted by Crippen LogP contribution is 2.23. The number of nitrogens with zero attached hydrogens (tertiary/aromatic N) is 3. The van der Waals surface area contributed by atoms with Crippen LogP contribution in [0.1, 0.15) is 6.92 Å². The van der Waals surface area contributed by atoms with E-state index in [0.717, 1.165) is 23.3 Å². The van der Waals surface area contributed by atoms with E-state index in [4.69, 9.17) is 5.73 Å². The Balaban J connectivity index is 2.71. The van der Waals surface area contributed by atoms with Gasteiger partial charge in [-0.25, -0.2) is 4.98 Å². The minimum Gasteiger partial charge on any atom is -0.368 e. The van der Waals surface area contributed by atoms with Crippen LogP contribution in [0.3, 0.4) is 0 Å². The molecule has 0 radical (unpaired) electrons. The fourth-order valence-electron chi connectivity index (χ4n) is 1.52. The molecule has 4 nitrogen and oxygen atoms in total. The summed E-state index contributed by atoms with van der Waals surface area (Å²) in [6.45, 7) is 2.97. The molecule has 0 atom stereocenters. The molecule has 0 fully saturated rings. The molecule has 0 aliphatic carbocycles. The highest BCUT2D eigenvalue weighted by Gasteiger charge is 2.08. The fourth-order valence-corrected chi connectivity index (χ4v) is 1.52. The lowest BCUT2D eigenvalue weighted by Gasteiger charge is -2.17. The second kappa shape index (κ2) is 3.73. The number of anilines is 2. The van der Waals surface area contributed by atoms with Crippen molar-refractivity contribution in [2.24, 2.45) is 0 Å². The molecule has 15 heavy (non-hydrogen) atoms. The van der Waals surface area contributed by atoms with Gasteiger partial charge in [0.1, 0.15) is 5.82 Å². The van der Waals surface area contributed by atoms with Gasteiger partial charge in [-0.05, 0) is 19.1 Å². The van der Waals surface area contributed by atoms with Crippen LogP contribution < -0.4 is 10.6 Å². The van der Waals surface area contributed by atoms with Crippen molar-refractivity contribution in [3.8, 4) is 0 Å². The molecule has 1 aromatic heterocycles. The van der Waals surface area contributed by atoms with Gasteiger partial charge in [0.25, 0.3) is 0 Å². The summed E-state index contributed by atoms with van der Waals surface area (Å²) in [6, 6.07) is 7.88. The maximum atomic E-state index is 5.67. The van der Waals surface area contributed by atoms with Crippen molar-refractivity contribution in [3.63, 3.8) is 0 Å². The van der Waals surface area contributed by atoms with Crippen LogP contribution in [0, 0.1) is 0 Å². The first-order chi connectivity index (χ1) is 7.22. The Morgan fingerprint density at radius 1 is 1.27 bits per heavy atom. The van der Waals surface area contributed by atoms with E-state index in [-0.39, 0.29) is 0 Å². The molecule has 1 aromatic carbocycles. The second-order valence-electron chi connectivity index (χ2n) is 3.44. The Bertz CT molecular complexity index is 481. The van der Waals surface area contributed by atoms with E-state index in [1.54, 1.807) is 0 Å². The van der Waals surface area contributed by atoms with Crippen LogP contribution in [0.25, 0.3) is 10.9 Å². The summed E-state index contributed by atoms with van der Waals surface area (Å²) in [5, 5.41) is 1.04. The number of nitrogen functional groups attached to an aromatic ring is 1. The largest absolute Gasteiger partial charge is 0.368 e. The predicted molar refractivity (Wildman–Crippen MR) is 62.9 cm³/mol. The number of nitrogens with two attached hydrogens (primary N) is 1. The predicted octanol–water partition coefficient (Wildman–Crippen LogP) is 1.67. The zero-order valence-electron chi connectivity index (χ0n) is 8.94. The number of para-hydroxylation sites is 1. The van der Waals surface area contributed by atoms with E-state index < -0.39 is 0 Å². The third-order valence-electron chi connectivity index (χ3n) is 2.44. The van der Waals surface area contributed by atoms with Crippen LogP contribution in [0.5, 0.6) is 0 Å². The number of hydrogen-bond acceptors (Lipinski definition) is 4. The van der Waals surface area contributed by atoms with Crippen molar-refractivity contribution < 1.29 is 0 Å². The Kier molecular flexibility index (Phi) is 2.41. The molecular weight excluding hydrogens is 188 g/mol. The van der Waals surface area contributed by atoms with Crippen LogP contribution in [-0.2, 0) is 0 Å². The quantitative estimate of drug-likeness (QED) is 0.804. The lowest BCUT2D eigenvalue weighted by molar-refractivity contribution is 0.943. The van der Waals surface area contributed by atoms with Gasteiger partial charge in [-0.3, -0.25) is 0 Å². The van der Waals surface area contributed by atoms with Gasteiger partial charge in [-0.1, -0.05) is 12.1 Å². The normalized spacial score (nSPS) is 10.5. The SMILES string of the molecule is CCN(C)c1nc(N)nc2ccccc12.